The van der Waals surface area contributed by atoms with Gasteiger partial charge in [0.2, 0.25) is 0 Å². The molecule has 0 radical (unpaired) electrons. The van der Waals surface area contributed by atoms with Crippen LogP contribution in [-0.4, -0.2) is 47.8 Å². The lowest BCUT2D eigenvalue weighted by molar-refractivity contribution is 0.0214. The molecule has 0 aromatic heterocycles. The second kappa shape index (κ2) is 7.77. The number of hydrogen-bond donors (Lipinski definition) is 7. The molecule has 1 aliphatic rings. The Balaban J connectivity index is 1.73. The molecule has 3 aromatic carbocycles. The van der Waals surface area contributed by atoms with E-state index in [4.69, 9.17) is 4.74 Å². The van der Waals surface area contributed by atoms with Crippen LogP contribution in [0.15, 0.2) is 42.5 Å². The maximum absolute atomic E-state index is 12.8. The summed E-state index contributed by atoms with van der Waals surface area (Å²) in [5.74, 6) is -5.40. The molecule has 0 bridgehead atoms. The third-order valence-electron chi connectivity index (χ3n) is 5.63. The first-order valence-electron chi connectivity index (χ1n) is 9.66. The van der Waals surface area contributed by atoms with Crippen LogP contribution in [0.3, 0.4) is 0 Å². The highest BCUT2D eigenvalue weighted by Gasteiger charge is 2.35. The molecule has 3 aromatic rings. The number of carbonyl (C=O) groups excluding carboxylic acids is 1. The molecule has 0 saturated heterocycles. The van der Waals surface area contributed by atoms with Crippen molar-refractivity contribution in [2.45, 2.75) is 24.9 Å². The fourth-order valence-corrected chi connectivity index (χ4v) is 3.98. The molecule has 0 aliphatic heterocycles. The van der Waals surface area contributed by atoms with E-state index in [1.165, 1.54) is 18.2 Å². The first-order chi connectivity index (χ1) is 15.2. The van der Waals surface area contributed by atoms with Crippen LogP contribution in [0.2, 0.25) is 0 Å². The summed E-state index contributed by atoms with van der Waals surface area (Å²) in [5, 5.41) is 68.7. The smallest absolute Gasteiger partial charge is 0.338 e. The van der Waals surface area contributed by atoms with Gasteiger partial charge in [-0.3, -0.25) is 0 Å². The first kappa shape index (κ1) is 21.0. The van der Waals surface area contributed by atoms with E-state index in [1.807, 2.05) is 0 Å². The Hall–Kier alpha value is -4.27. The summed E-state index contributed by atoms with van der Waals surface area (Å²) in [6.45, 7) is 0. The van der Waals surface area contributed by atoms with Crippen LogP contribution in [0.1, 0.15) is 33.0 Å². The minimum Gasteiger partial charge on any atom is -0.508 e. The lowest BCUT2D eigenvalue weighted by Gasteiger charge is -2.33. The van der Waals surface area contributed by atoms with Crippen molar-refractivity contribution in [3.8, 4) is 40.2 Å². The fourth-order valence-electron chi connectivity index (χ4n) is 3.98. The Bertz CT molecular complexity index is 1170. The standard InChI is InChI=1S/C23H20O9/c24-15-3-1-2-10-8-20(32-23(31)12-6-18(27)22(30)19(28)7-12)14(9-13(10)15)11-4-16(25)21(29)17(26)5-11/h1-7,14,20,24-30H,8-9H2/t14?,20-/m0/s1. The van der Waals surface area contributed by atoms with E-state index >= 15 is 0 Å². The molecule has 9 nitrogen and oxygen atoms in total. The Morgan fingerprint density at radius 3 is 1.91 bits per heavy atom. The second-order valence-electron chi connectivity index (χ2n) is 7.64. The van der Waals surface area contributed by atoms with Crippen LogP contribution in [0, 0.1) is 0 Å². The van der Waals surface area contributed by atoms with E-state index in [0.717, 1.165) is 17.7 Å². The highest BCUT2D eigenvalue weighted by atomic mass is 16.5. The van der Waals surface area contributed by atoms with Crippen molar-refractivity contribution in [1.29, 1.82) is 0 Å². The van der Waals surface area contributed by atoms with E-state index in [9.17, 15) is 40.5 Å². The molecule has 1 unspecified atom stereocenters. The average Bonchev–Trinajstić information content (AvgIpc) is 2.75. The molecular formula is C23H20O9. The van der Waals surface area contributed by atoms with Crippen LogP contribution < -0.4 is 0 Å². The van der Waals surface area contributed by atoms with Gasteiger partial charge in [0.1, 0.15) is 11.9 Å². The predicted octanol–water partition coefficient (Wildman–Crippen LogP) is 2.73. The van der Waals surface area contributed by atoms with Gasteiger partial charge in [0, 0.05) is 12.3 Å². The number of fused-ring (bicyclic) bond motifs is 1. The van der Waals surface area contributed by atoms with E-state index in [1.54, 1.807) is 12.1 Å². The Morgan fingerprint density at radius 1 is 0.750 bits per heavy atom. The van der Waals surface area contributed by atoms with Crippen LogP contribution in [0.25, 0.3) is 0 Å². The summed E-state index contributed by atoms with van der Waals surface area (Å²) in [5.41, 5.74) is 1.52. The number of ether oxygens (including phenoxy) is 1. The predicted molar refractivity (Wildman–Crippen MR) is 110 cm³/mol. The van der Waals surface area contributed by atoms with Crippen LogP contribution in [0.4, 0.5) is 0 Å². The molecule has 2 atom stereocenters. The molecule has 0 saturated carbocycles. The van der Waals surface area contributed by atoms with Crippen LogP contribution in [-0.2, 0) is 17.6 Å². The molecule has 4 rings (SSSR count). The number of benzene rings is 3. The van der Waals surface area contributed by atoms with Crippen molar-refractivity contribution in [3.63, 3.8) is 0 Å². The third-order valence-corrected chi connectivity index (χ3v) is 5.63. The van der Waals surface area contributed by atoms with Crippen molar-refractivity contribution in [1.82, 2.24) is 0 Å². The number of carbonyl (C=O) groups is 1. The summed E-state index contributed by atoms with van der Waals surface area (Å²) >= 11 is 0. The van der Waals surface area contributed by atoms with Crippen molar-refractivity contribution in [2.75, 3.05) is 0 Å². The van der Waals surface area contributed by atoms with Crippen molar-refractivity contribution >= 4 is 5.97 Å². The van der Waals surface area contributed by atoms with E-state index in [-0.39, 0.29) is 24.2 Å². The van der Waals surface area contributed by atoms with E-state index in [0.29, 0.717) is 11.1 Å². The molecule has 1 aliphatic carbocycles. The SMILES string of the molecule is O=C(O[C@H]1Cc2cccc(O)c2CC1c1cc(O)c(O)c(O)c1)c1cc(O)c(O)c(O)c1. The Labute approximate surface area is 181 Å². The molecule has 0 amide bonds. The Morgan fingerprint density at radius 2 is 1.31 bits per heavy atom. The average molecular weight is 440 g/mol. The van der Waals surface area contributed by atoms with E-state index in [2.05, 4.69) is 0 Å². The number of rotatable bonds is 3. The quantitative estimate of drug-likeness (QED) is 0.239. The molecule has 0 spiro atoms. The molecule has 7 N–H and O–H groups in total. The number of hydrogen-bond acceptors (Lipinski definition) is 9. The minimum atomic E-state index is -0.888. The van der Waals surface area contributed by atoms with Crippen molar-refractivity contribution < 1.29 is 45.3 Å². The number of phenolic OH excluding ortho intramolecular Hbond substituents is 7. The van der Waals surface area contributed by atoms with Gasteiger partial charge in [0.25, 0.3) is 0 Å². The number of aromatic hydroxyl groups is 7. The van der Waals surface area contributed by atoms with Gasteiger partial charge in [-0.2, -0.15) is 0 Å². The maximum Gasteiger partial charge on any atom is 0.338 e. The van der Waals surface area contributed by atoms with Gasteiger partial charge >= 0.3 is 5.97 Å². The summed E-state index contributed by atoms with van der Waals surface area (Å²) < 4.78 is 5.65. The number of phenols is 7. The first-order valence-corrected chi connectivity index (χ1v) is 9.66. The van der Waals surface area contributed by atoms with Gasteiger partial charge in [-0.15, -0.1) is 0 Å². The molecular weight excluding hydrogens is 420 g/mol. The minimum absolute atomic E-state index is 0.0536. The number of esters is 1. The molecule has 166 valence electrons. The summed E-state index contributed by atoms with van der Waals surface area (Å²) in [6.07, 6.45) is -0.424. The highest BCUT2D eigenvalue weighted by molar-refractivity contribution is 5.91. The molecule has 9 heteroatoms. The molecule has 0 heterocycles. The van der Waals surface area contributed by atoms with Crippen LogP contribution in [0.5, 0.6) is 40.2 Å². The monoisotopic (exact) mass is 440 g/mol. The van der Waals surface area contributed by atoms with Gasteiger partial charge in [-0.25, -0.2) is 4.79 Å². The lowest BCUT2D eigenvalue weighted by atomic mass is 9.77. The zero-order chi connectivity index (χ0) is 23.2. The van der Waals surface area contributed by atoms with Gasteiger partial charge in [-0.1, -0.05) is 12.1 Å². The summed E-state index contributed by atoms with van der Waals surface area (Å²) in [4.78, 5) is 12.8. The maximum atomic E-state index is 12.8. The van der Waals surface area contributed by atoms with E-state index < -0.39 is 52.5 Å². The third kappa shape index (κ3) is 3.64. The zero-order valence-electron chi connectivity index (χ0n) is 16.6. The molecule has 0 fully saturated rings. The zero-order valence-corrected chi connectivity index (χ0v) is 16.6. The normalized spacial score (nSPS) is 17.5. The fraction of sp³-hybridized carbons (Fsp3) is 0.174. The lowest BCUT2D eigenvalue weighted by Crippen LogP contribution is -2.33. The topological polar surface area (TPSA) is 168 Å². The largest absolute Gasteiger partial charge is 0.508 e. The second-order valence-corrected chi connectivity index (χ2v) is 7.64. The van der Waals surface area contributed by atoms with Gasteiger partial charge in [0.15, 0.2) is 34.5 Å². The van der Waals surface area contributed by atoms with Crippen LogP contribution >= 0.6 is 0 Å². The summed E-state index contributed by atoms with van der Waals surface area (Å²) in [6, 6.07) is 9.33. The van der Waals surface area contributed by atoms with Crippen molar-refractivity contribution in [3.05, 3.63) is 64.7 Å². The van der Waals surface area contributed by atoms with Gasteiger partial charge < -0.3 is 40.5 Å². The van der Waals surface area contributed by atoms with Gasteiger partial charge in [-0.05, 0) is 53.4 Å². The van der Waals surface area contributed by atoms with Crippen molar-refractivity contribution in [2.24, 2.45) is 0 Å². The molecule has 32 heavy (non-hydrogen) atoms. The summed E-state index contributed by atoms with van der Waals surface area (Å²) in [7, 11) is 0. The highest BCUT2D eigenvalue weighted by Crippen LogP contribution is 2.44. The van der Waals surface area contributed by atoms with Gasteiger partial charge in [0.05, 0.1) is 5.56 Å². The Kier molecular flexibility index (Phi) is 5.09.